The van der Waals surface area contributed by atoms with E-state index in [1.807, 2.05) is 31.4 Å². The van der Waals surface area contributed by atoms with Gasteiger partial charge in [-0.3, -0.25) is 10.2 Å². The van der Waals surface area contributed by atoms with E-state index in [4.69, 9.17) is 5.41 Å². The van der Waals surface area contributed by atoms with Gasteiger partial charge in [-0.2, -0.15) is 0 Å². The van der Waals surface area contributed by atoms with E-state index >= 15 is 0 Å². The predicted octanol–water partition coefficient (Wildman–Crippen LogP) is 3.89. The molecule has 7 heteroatoms. The molecule has 2 aromatic rings. The monoisotopic (exact) mass is 335 g/mol. The molecule has 0 bridgehead atoms. The van der Waals surface area contributed by atoms with Crippen molar-refractivity contribution in [2.45, 2.75) is 26.2 Å². The van der Waals surface area contributed by atoms with Crippen molar-refractivity contribution in [1.82, 2.24) is 10.2 Å². The molecule has 0 spiro atoms. The summed E-state index contributed by atoms with van der Waals surface area (Å²) in [6.07, 6.45) is 2.69. The van der Waals surface area contributed by atoms with Crippen LogP contribution in [0.1, 0.15) is 33.3 Å². The fourth-order valence-corrected chi connectivity index (χ4v) is 4.86. The molecule has 0 aliphatic carbocycles. The SMILES string of the molecule is CCc1nnc([C@@H]2C(=N)S/C(=C\c3sccc3C)C2=O)s1. The quantitative estimate of drug-likeness (QED) is 0.864. The summed E-state index contributed by atoms with van der Waals surface area (Å²) in [5.41, 5.74) is 1.15. The Labute approximate surface area is 134 Å². The van der Waals surface area contributed by atoms with Crippen molar-refractivity contribution in [1.29, 1.82) is 5.41 Å². The Hall–Kier alpha value is -1.31. The Morgan fingerprint density at radius 1 is 1.43 bits per heavy atom. The number of hydrogen-bond acceptors (Lipinski definition) is 7. The molecule has 0 saturated carbocycles. The van der Waals surface area contributed by atoms with E-state index in [0.717, 1.165) is 21.9 Å². The zero-order valence-electron chi connectivity index (χ0n) is 11.5. The number of allylic oxidation sites excluding steroid dienone is 1. The minimum absolute atomic E-state index is 0.0309. The second-order valence-electron chi connectivity index (χ2n) is 4.63. The summed E-state index contributed by atoms with van der Waals surface area (Å²) in [6, 6.07) is 2.03. The fourth-order valence-electron chi connectivity index (χ4n) is 1.99. The number of nitrogens with zero attached hydrogens (tertiary/aromatic N) is 2. The number of aromatic nitrogens is 2. The van der Waals surface area contributed by atoms with E-state index in [1.165, 1.54) is 23.1 Å². The summed E-state index contributed by atoms with van der Waals surface area (Å²) < 4.78 is 0. The van der Waals surface area contributed by atoms with E-state index < -0.39 is 5.92 Å². The van der Waals surface area contributed by atoms with Crippen LogP contribution in [0.2, 0.25) is 0 Å². The number of nitrogens with one attached hydrogen (secondary N) is 1. The summed E-state index contributed by atoms with van der Waals surface area (Å²) in [5, 5.41) is 20.1. The lowest BCUT2D eigenvalue weighted by atomic mass is 10.1. The van der Waals surface area contributed by atoms with E-state index in [-0.39, 0.29) is 5.78 Å². The molecular weight excluding hydrogens is 322 g/mol. The van der Waals surface area contributed by atoms with Crippen LogP contribution in [-0.4, -0.2) is 21.0 Å². The van der Waals surface area contributed by atoms with Crippen molar-refractivity contribution in [2.75, 3.05) is 0 Å². The molecule has 0 unspecified atom stereocenters. The van der Waals surface area contributed by atoms with Crippen molar-refractivity contribution in [3.8, 4) is 0 Å². The maximum atomic E-state index is 12.6. The molecule has 21 heavy (non-hydrogen) atoms. The normalized spacial score (nSPS) is 20.7. The zero-order chi connectivity index (χ0) is 15.0. The molecule has 1 fully saturated rings. The number of ketones is 1. The van der Waals surface area contributed by atoms with Crippen LogP contribution >= 0.6 is 34.4 Å². The first-order valence-corrected chi connectivity index (χ1v) is 9.00. The largest absolute Gasteiger partial charge is 0.297 e. The molecule has 1 saturated heterocycles. The number of hydrogen-bond donors (Lipinski definition) is 1. The number of carbonyl (C=O) groups excluding carboxylic acids is 1. The van der Waals surface area contributed by atoms with Crippen molar-refractivity contribution in [3.63, 3.8) is 0 Å². The minimum Gasteiger partial charge on any atom is -0.297 e. The lowest BCUT2D eigenvalue weighted by Gasteiger charge is -2.00. The Balaban J connectivity index is 1.92. The third-order valence-electron chi connectivity index (χ3n) is 3.18. The van der Waals surface area contributed by atoms with Crippen LogP contribution in [0.5, 0.6) is 0 Å². The second-order valence-corrected chi connectivity index (χ2v) is 7.75. The average Bonchev–Trinajstić information content (AvgIpc) is 3.13. The molecule has 0 radical (unpaired) electrons. The maximum absolute atomic E-state index is 12.6. The molecule has 0 aromatic carbocycles. The van der Waals surface area contributed by atoms with Crippen molar-refractivity contribution in [3.05, 3.63) is 36.8 Å². The van der Waals surface area contributed by atoms with Gasteiger partial charge >= 0.3 is 0 Å². The third kappa shape index (κ3) is 2.73. The number of aryl methyl sites for hydroxylation is 2. The fraction of sp³-hybridized carbons (Fsp3) is 0.286. The van der Waals surface area contributed by atoms with Crippen LogP contribution in [-0.2, 0) is 11.2 Å². The Bertz CT molecular complexity index is 744. The van der Waals surface area contributed by atoms with Gasteiger partial charge in [-0.1, -0.05) is 18.7 Å². The Kier molecular flexibility index (Phi) is 4.05. The first kappa shape index (κ1) is 14.6. The lowest BCUT2D eigenvalue weighted by Crippen LogP contribution is -2.11. The van der Waals surface area contributed by atoms with Gasteiger partial charge in [0.1, 0.15) is 15.9 Å². The molecule has 1 aliphatic rings. The number of rotatable bonds is 3. The molecule has 4 nitrogen and oxygen atoms in total. The first-order chi connectivity index (χ1) is 10.1. The predicted molar refractivity (Wildman–Crippen MR) is 89.4 cm³/mol. The third-order valence-corrected chi connectivity index (χ3v) is 6.28. The maximum Gasteiger partial charge on any atom is 0.186 e. The van der Waals surface area contributed by atoms with E-state index in [9.17, 15) is 4.79 Å². The average molecular weight is 335 g/mol. The van der Waals surface area contributed by atoms with Gasteiger partial charge in [0, 0.05) is 4.88 Å². The molecule has 108 valence electrons. The Morgan fingerprint density at radius 3 is 2.86 bits per heavy atom. The minimum atomic E-state index is -0.556. The first-order valence-electron chi connectivity index (χ1n) is 6.48. The topological polar surface area (TPSA) is 66.7 Å². The number of thioether (sulfide) groups is 1. The van der Waals surface area contributed by atoms with E-state index in [0.29, 0.717) is 15.0 Å². The number of carbonyl (C=O) groups is 1. The zero-order valence-corrected chi connectivity index (χ0v) is 14.0. The Morgan fingerprint density at radius 2 is 2.24 bits per heavy atom. The standard InChI is InChI=1S/C14H13N3OS3/c1-3-10-16-17-14(21-10)11-12(18)9(20-13(11)15)6-8-7(2)4-5-19-8/h4-6,11,15H,3H2,1-2H3/b9-6-,15-13?/t11-/m0/s1. The molecule has 1 N–H and O–H groups in total. The van der Waals surface area contributed by atoms with Crippen molar-refractivity contribution < 1.29 is 4.79 Å². The molecule has 2 aromatic heterocycles. The molecule has 3 heterocycles. The lowest BCUT2D eigenvalue weighted by molar-refractivity contribution is -0.114. The molecule has 3 rings (SSSR count). The van der Waals surface area contributed by atoms with Crippen LogP contribution in [0.3, 0.4) is 0 Å². The van der Waals surface area contributed by atoms with Gasteiger partial charge in [0.15, 0.2) is 5.78 Å². The summed E-state index contributed by atoms with van der Waals surface area (Å²) in [5.74, 6) is -0.587. The van der Waals surface area contributed by atoms with Gasteiger partial charge in [0.05, 0.1) is 9.95 Å². The van der Waals surface area contributed by atoms with Gasteiger partial charge in [-0.25, -0.2) is 0 Å². The molecule has 0 amide bonds. The van der Waals surface area contributed by atoms with Crippen LogP contribution < -0.4 is 0 Å². The second kappa shape index (κ2) is 5.82. The van der Waals surface area contributed by atoms with Crippen LogP contribution in [0.15, 0.2) is 16.4 Å². The van der Waals surface area contributed by atoms with Gasteiger partial charge in [-0.15, -0.1) is 32.9 Å². The summed E-state index contributed by atoms with van der Waals surface area (Å²) in [6.45, 7) is 4.03. The smallest absolute Gasteiger partial charge is 0.186 e. The van der Waals surface area contributed by atoms with Gasteiger partial charge in [0.25, 0.3) is 0 Å². The van der Waals surface area contributed by atoms with Crippen LogP contribution in [0.4, 0.5) is 0 Å². The van der Waals surface area contributed by atoms with Crippen molar-refractivity contribution in [2.24, 2.45) is 0 Å². The highest BCUT2D eigenvalue weighted by molar-refractivity contribution is 8.19. The molecule has 1 aliphatic heterocycles. The molecular formula is C14H13N3OS3. The van der Waals surface area contributed by atoms with Crippen LogP contribution in [0, 0.1) is 12.3 Å². The highest BCUT2D eigenvalue weighted by Crippen LogP contribution is 2.42. The summed E-state index contributed by atoms with van der Waals surface area (Å²) >= 11 is 4.28. The highest BCUT2D eigenvalue weighted by atomic mass is 32.2. The number of Topliss-reactive ketones (excluding diaryl/α,β-unsaturated/α-hetero) is 1. The van der Waals surface area contributed by atoms with Gasteiger partial charge < -0.3 is 0 Å². The highest BCUT2D eigenvalue weighted by Gasteiger charge is 2.39. The van der Waals surface area contributed by atoms with Crippen LogP contribution in [0.25, 0.3) is 6.08 Å². The molecule has 1 atom stereocenters. The van der Waals surface area contributed by atoms with E-state index in [2.05, 4.69) is 10.2 Å². The van der Waals surface area contributed by atoms with Crippen molar-refractivity contribution >= 4 is 51.3 Å². The van der Waals surface area contributed by atoms with Gasteiger partial charge in [0.2, 0.25) is 0 Å². The summed E-state index contributed by atoms with van der Waals surface area (Å²) in [7, 11) is 0. The van der Waals surface area contributed by atoms with E-state index in [1.54, 1.807) is 11.3 Å². The number of thiophene rings is 1. The van der Waals surface area contributed by atoms with Gasteiger partial charge in [-0.05, 0) is 36.4 Å². The summed E-state index contributed by atoms with van der Waals surface area (Å²) in [4.78, 5) is 14.3.